The van der Waals surface area contributed by atoms with Crippen LogP contribution in [0.1, 0.15) is 44.5 Å². The Bertz CT molecular complexity index is 918. The number of halogens is 1. The van der Waals surface area contributed by atoms with E-state index in [4.69, 9.17) is 11.6 Å². The fraction of sp³-hybridized carbons (Fsp3) is 0.500. The minimum atomic E-state index is -3.86. The Labute approximate surface area is 168 Å². The van der Waals surface area contributed by atoms with Gasteiger partial charge in [0.25, 0.3) is 0 Å². The van der Waals surface area contributed by atoms with Crippen molar-refractivity contribution in [2.75, 3.05) is 5.32 Å². The molecule has 0 saturated heterocycles. The minimum absolute atomic E-state index is 0.113. The van der Waals surface area contributed by atoms with Gasteiger partial charge in [-0.3, -0.25) is 10.1 Å². The van der Waals surface area contributed by atoms with Crippen LogP contribution < -0.4 is 5.32 Å². The number of anilines is 1. The molecule has 3 rings (SSSR count). The second-order valence-corrected chi connectivity index (χ2v) is 11.0. The number of carbonyl (C=O) groups excluding carboxylic acids is 1. The Kier molecular flexibility index (Phi) is 5.88. The molecule has 9 heteroatoms. The second kappa shape index (κ2) is 7.85. The highest BCUT2D eigenvalue weighted by Gasteiger charge is 2.53. The van der Waals surface area contributed by atoms with Crippen molar-refractivity contribution in [1.29, 1.82) is 0 Å². The van der Waals surface area contributed by atoms with E-state index in [0.717, 1.165) is 11.4 Å². The van der Waals surface area contributed by atoms with E-state index in [0.29, 0.717) is 41.8 Å². The maximum atomic E-state index is 13.3. The molecule has 1 aliphatic carbocycles. The van der Waals surface area contributed by atoms with Gasteiger partial charge in [-0.1, -0.05) is 49.6 Å². The van der Waals surface area contributed by atoms with Crippen molar-refractivity contribution < 1.29 is 13.2 Å². The summed E-state index contributed by atoms with van der Waals surface area (Å²) in [5.41, 5.74) is 0. The Morgan fingerprint density at radius 3 is 2.44 bits per heavy atom. The van der Waals surface area contributed by atoms with Crippen LogP contribution in [-0.4, -0.2) is 29.3 Å². The van der Waals surface area contributed by atoms with Gasteiger partial charge in [0.15, 0.2) is 14.6 Å². The highest BCUT2D eigenvalue weighted by atomic mass is 35.5. The number of carbonyl (C=O) groups is 1. The number of hydrogen-bond acceptors (Lipinski definition) is 6. The molecule has 146 valence electrons. The summed E-state index contributed by atoms with van der Waals surface area (Å²) in [6.07, 6.45) is 2.73. The van der Waals surface area contributed by atoms with Crippen molar-refractivity contribution in [1.82, 2.24) is 10.2 Å². The zero-order valence-corrected chi connectivity index (χ0v) is 17.6. The SMILES string of the molecule is CC(C)Cc1nnc(NC(=O)C2(S(=O)(=O)c3ccc(Cl)cc3)CCCC2)s1. The van der Waals surface area contributed by atoms with E-state index in [1.165, 1.54) is 35.6 Å². The van der Waals surface area contributed by atoms with Crippen LogP contribution in [0.3, 0.4) is 0 Å². The fourth-order valence-electron chi connectivity index (χ4n) is 3.35. The number of nitrogens with one attached hydrogen (secondary N) is 1. The zero-order valence-electron chi connectivity index (χ0n) is 15.2. The van der Waals surface area contributed by atoms with Crippen molar-refractivity contribution in [3.8, 4) is 0 Å². The van der Waals surface area contributed by atoms with Crippen LogP contribution in [0.5, 0.6) is 0 Å². The van der Waals surface area contributed by atoms with Gasteiger partial charge in [-0.2, -0.15) is 0 Å². The van der Waals surface area contributed by atoms with Gasteiger partial charge in [0.1, 0.15) is 5.01 Å². The number of benzene rings is 1. The quantitative estimate of drug-likeness (QED) is 0.749. The molecule has 0 unspecified atom stereocenters. The van der Waals surface area contributed by atoms with Crippen molar-refractivity contribution >= 4 is 43.8 Å². The molecule has 1 aromatic carbocycles. The van der Waals surface area contributed by atoms with Gasteiger partial charge >= 0.3 is 0 Å². The number of sulfone groups is 1. The molecule has 2 aromatic rings. The summed E-state index contributed by atoms with van der Waals surface area (Å²) >= 11 is 7.17. The van der Waals surface area contributed by atoms with E-state index in [-0.39, 0.29) is 4.90 Å². The standard InChI is InChI=1S/C18H22ClN3O3S2/c1-12(2)11-15-21-22-17(26-15)20-16(23)18(9-3-4-10-18)27(24,25)14-7-5-13(19)6-8-14/h5-8,12H,3-4,9-11H2,1-2H3,(H,20,22,23). The van der Waals surface area contributed by atoms with Gasteiger partial charge < -0.3 is 0 Å². The lowest BCUT2D eigenvalue weighted by Crippen LogP contribution is -2.47. The topological polar surface area (TPSA) is 89.0 Å². The summed E-state index contributed by atoms with van der Waals surface area (Å²) in [6, 6.07) is 5.96. The third-order valence-electron chi connectivity index (χ3n) is 4.73. The first-order valence-electron chi connectivity index (χ1n) is 8.89. The molecule has 0 atom stereocenters. The van der Waals surface area contributed by atoms with Gasteiger partial charge in [-0.15, -0.1) is 10.2 Å². The Morgan fingerprint density at radius 1 is 1.22 bits per heavy atom. The molecule has 1 fully saturated rings. The summed E-state index contributed by atoms with van der Waals surface area (Å²) in [5, 5.41) is 12.4. The van der Waals surface area contributed by atoms with Crippen LogP contribution in [0.4, 0.5) is 5.13 Å². The minimum Gasteiger partial charge on any atom is -0.299 e. The molecule has 0 radical (unpaired) electrons. The summed E-state index contributed by atoms with van der Waals surface area (Å²) in [4.78, 5) is 13.2. The van der Waals surface area contributed by atoms with E-state index in [9.17, 15) is 13.2 Å². The molecule has 1 amide bonds. The monoisotopic (exact) mass is 427 g/mol. The van der Waals surface area contributed by atoms with Crippen LogP contribution in [0.15, 0.2) is 29.2 Å². The highest BCUT2D eigenvalue weighted by molar-refractivity contribution is 7.93. The average molecular weight is 428 g/mol. The van der Waals surface area contributed by atoms with E-state index in [2.05, 4.69) is 29.4 Å². The normalized spacial score (nSPS) is 16.6. The first-order chi connectivity index (χ1) is 12.7. The Hall–Kier alpha value is -1.51. The molecule has 0 spiro atoms. The fourth-order valence-corrected chi connectivity index (χ4v) is 6.49. The van der Waals surface area contributed by atoms with Crippen LogP contribution >= 0.6 is 22.9 Å². The first kappa shape index (κ1) is 20.2. The van der Waals surface area contributed by atoms with Gasteiger partial charge in [-0.05, 0) is 43.0 Å². The third kappa shape index (κ3) is 4.02. The lowest BCUT2D eigenvalue weighted by atomic mass is 10.1. The van der Waals surface area contributed by atoms with Crippen LogP contribution in [0.25, 0.3) is 0 Å². The predicted molar refractivity (Wildman–Crippen MR) is 107 cm³/mol. The lowest BCUT2D eigenvalue weighted by molar-refractivity contribution is -0.118. The maximum absolute atomic E-state index is 13.3. The second-order valence-electron chi connectivity index (χ2n) is 7.21. The molecule has 1 aliphatic rings. The van der Waals surface area contributed by atoms with Crippen molar-refractivity contribution in [2.45, 2.75) is 55.6 Å². The first-order valence-corrected chi connectivity index (χ1v) is 11.6. The van der Waals surface area contributed by atoms with Gasteiger partial charge in [-0.25, -0.2) is 8.42 Å². The largest absolute Gasteiger partial charge is 0.299 e. The summed E-state index contributed by atoms with van der Waals surface area (Å²) in [7, 11) is -3.86. The van der Waals surface area contributed by atoms with Gasteiger partial charge in [0, 0.05) is 11.4 Å². The molecule has 0 bridgehead atoms. The van der Waals surface area contributed by atoms with Gasteiger partial charge in [0.05, 0.1) is 4.90 Å². The summed E-state index contributed by atoms with van der Waals surface area (Å²) in [5.74, 6) is -0.102. The lowest BCUT2D eigenvalue weighted by Gasteiger charge is -2.27. The molecule has 1 heterocycles. The predicted octanol–water partition coefficient (Wildman–Crippen LogP) is 4.12. The third-order valence-corrected chi connectivity index (χ3v) is 8.36. The number of hydrogen-bond donors (Lipinski definition) is 1. The molecular formula is C18H22ClN3O3S2. The molecular weight excluding hydrogens is 406 g/mol. The van der Waals surface area contributed by atoms with Gasteiger partial charge in [0.2, 0.25) is 11.0 Å². The molecule has 1 aromatic heterocycles. The van der Waals surface area contributed by atoms with Crippen molar-refractivity contribution in [2.24, 2.45) is 5.92 Å². The number of aromatic nitrogens is 2. The Morgan fingerprint density at radius 2 is 1.85 bits per heavy atom. The Balaban J connectivity index is 1.88. The number of amides is 1. The molecule has 6 nitrogen and oxygen atoms in total. The van der Waals surface area contributed by atoms with Crippen LogP contribution in [-0.2, 0) is 21.1 Å². The molecule has 1 saturated carbocycles. The molecule has 27 heavy (non-hydrogen) atoms. The van der Waals surface area contributed by atoms with E-state index in [1.54, 1.807) is 0 Å². The van der Waals surface area contributed by atoms with Crippen LogP contribution in [0, 0.1) is 5.92 Å². The maximum Gasteiger partial charge on any atom is 0.248 e. The van der Waals surface area contributed by atoms with E-state index < -0.39 is 20.5 Å². The summed E-state index contributed by atoms with van der Waals surface area (Å²) < 4.78 is 25.1. The molecule has 1 N–H and O–H groups in total. The van der Waals surface area contributed by atoms with Crippen molar-refractivity contribution in [3.05, 3.63) is 34.3 Å². The smallest absolute Gasteiger partial charge is 0.248 e. The van der Waals surface area contributed by atoms with E-state index in [1.807, 2.05) is 0 Å². The zero-order chi connectivity index (χ0) is 19.7. The van der Waals surface area contributed by atoms with Crippen LogP contribution in [0.2, 0.25) is 5.02 Å². The number of nitrogens with zero attached hydrogens (tertiary/aromatic N) is 2. The van der Waals surface area contributed by atoms with E-state index >= 15 is 0 Å². The summed E-state index contributed by atoms with van der Waals surface area (Å²) in [6.45, 7) is 4.15. The average Bonchev–Trinajstić information content (AvgIpc) is 3.25. The van der Waals surface area contributed by atoms with Crippen molar-refractivity contribution in [3.63, 3.8) is 0 Å². The highest BCUT2D eigenvalue weighted by Crippen LogP contribution is 2.41. The number of rotatable bonds is 6. The molecule has 0 aliphatic heterocycles.